The number of carbonyl (C=O) groups is 1. The number of unbranched alkanes of at least 4 members (excludes halogenated alkanes) is 15. The molecule has 228 valence electrons. The zero-order valence-electron chi connectivity index (χ0n) is 25.5. The molecule has 0 aliphatic heterocycles. The molecular formula is C30H63NO6P+. The van der Waals surface area contributed by atoms with Crippen molar-refractivity contribution in [2.24, 2.45) is 0 Å². The fourth-order valence-electron chi connectivity index (χ4n) is 4.70. The van der Waals surface area contributed by atoms with E-state index in [-0.39, 0.29) is 19.4 Å². The van der Waals surface area contributed by atoms with Crippen LogP contribution in [0.25, 0.3) is 0 Å². The van der Waals surface area contributed by atoms with Gasteiger partial charge in [0.1, 0.15) is 6.10 Å². The summed E-state index contributed by atoms with van der Waals surface area (Å²) < 4.78 is 28.6. The minimum absolute atomic E-state index is 0.118. The van der Waals surface area contributed by atoms with Crippen molar-refractivity contribution < 1.29 is 33.2 Å². The molecule has 8 heteroatoms. The van der Waals surface area contributed by atoms with E-state index in [2.05, 4.69) is 20.8 Å². The average Bonchev–Trinajstić information content (AvgIpc) is 2.88. The van der Waals surface area contributed by atoms with Crippen LogP contribution in [0.1, 0.15) is 137 Å². The molecule has 0 spiro atoms. The molecule has 38 heavy (non-hydrogen) atoms. The topological polar surface area (TPSA) is 86.5 Å². The van der Waals surface area contributed by atoms with Crippen molar-refractivity contribution in [2.45, 2.75) is 143 Å². The van der Waals surface area contributed by atoms with Gasteiger partial charge in [0, 0.05) is 13.5 Å². The van der Waals surface area contributed by atoms with Crippen LogP contribution in [0.5, 0.6) is 0 Å². The fourth-order valence-corrected chi connectivity index (χ4v) is 5.85. The summed E-state index contributed by atoms with van der Waals surface area (Å²) in [5, 5.41) is 0. The van der Waals surface area contributed by atoms with Crippen molar-refractivity contribution in [2.75, 3.05) is 45.6 Å². The van der Waals surface area contributed by atoms with Crippen LogP contribution in [-0.2, 0) is 23.4 Å². The molecule has 0 aliphatic rings. The number of quaternary nitrogens is 1. The minimum atomic E-state index is -3.70. The largest absolute Gasteiger partial charge is 0.458 e. The molecule has 7 nitrogen and oxygen atoms in total. The SMILES string of the molecule is CCCCCCCCCCCCCCCCCOCC(COP(=O)(O)CCCC[NH+](CC)CC)OC(C)=O. The van der Waals surface area contributed by atoms with Crippen molar-refractivity contribution in [3.05, 3.63) is 0 Å². The van der Waals surface area contributed by atoms with Gasteiger partial charge in [0.05, 0.1) is 39.0 Å². The van der Waals surface area contributed by atoms with Gasteiger partial charge in [0.25, 0.3) is 0 Å². The highest BCUT2D eigenvalue weighted by atomic mass is 31.2. The fraction of sp³-hybridized carbons (Fsp3) is 0.967. The van der Waals surface area contributed by atoms with Gasteiger partial charge in [-0.3, -0.25) is 9.36 Å². The van der Waals surface area contributed by atoms with E-state index in [4.69, 9.17) is 14.0 Å². The molecule has 0 aliphatic carbocycles. The first-order valence-corrected chi connectivity index (χ1v) is 17.7. The lowest BCUT2D eigenvalue weighted by atomic mass is 10.0. The van der Waals surface area contributed by atoms with Crippen molar-refractivity contribution in [1.82, 2.24) is 0 Å². The smallest absolute Gasteiger partial charge is 0.328 e. The van der Waals surface area contributed by atoms with Gasteiger partial charge in [-0.1, -0.05) is 96.8 Å². The molecule has 0 saturated carbocycles. The Morgan fingerprint density at radius 3 is 1.71 bits per heavy atom. The Balaban J connectivity index is 3.78. The van der Waals surface area contributed by atoms with Gasteiger partial charge >= 0.3 is 13.6 Å². The standard InChI is InChI=1S/C30H62NO6P/c1-5-8-9-10-11-12-13-14-15-16-17-18-19-20-22-25-35-27-30(37-29(4)32)28-36-38(33,34)26-23-21-24-31(6-2)7-3/h30H,5-28H2,1-4H3,(H,33,34)/p+1. The highest BCUT2D eigenvalue weighted by Crippen LogP contribution is 2.42. The molecular weight excluding hydrogens is 501 g/mol. The number of ether oxygens (including phenoxy) is 2. The minimum Gasteiger partial charge on any atom is -0.458 e. The van der Waals surface area contributed by atoms with Crippen LogP contribution in [0, 0.1) is 0 Å². The van der Waals surface area contributed by atoms with Crippen molar-refractivity contribution in [3.63, 3.8) is 0 Å². The maximum atomic E-state index is 12.4. The normalized spacial score (nSPS) is 14.1. The van der Waals surface area contributed by atoms with E-state index in [1.54, 1.807) is 0 Å². The summed E-state index contributed by atoms with van der Waals surface area (Å²) in [4.78, 5) is 23.1. The first-order valence-electron chi connectivity index (χ1n) is 15.9. The lowest BCUT2D eigenvalue weighted by molar-refractivity contribution is -0.896. The zero-order valence-corrected chi connectivity index (χ0v) is 26.4. The highest BCUT2D eigenvalue weighted by molar-refractivity contribution is 7.52. The predicted octanol–water partition coefficient (Wildman–Crippen LogP) is 6.71. The Morgan fingerprint density at radius 2 is 1.24 bits per heavy atom. The van der Waals surface area contributed by atoms with Gasteiger partial charge in [-0.15, -0.1) is 0 Å². The third kappa shape index (κ3) is 25.8. The van der Waals surface area contributed by atoms with Crippen LogP contribution in [-0.4, -0.2) is 62.6 Å². The quantitative estimate of drug-likeness (QED) is 0.0596. The molecule has 0 aromatic rings. The van der Waals surface area contributed by atoms with Crippen LogP contribution in [0.3, 0.4) is 0 Å². The Labute approximate surface area is 235 Å². The van der Waals surface area contributed by atoms with Gasteiger partial charge in [-0.05, 0) is 33.1 Å². The second-order valence-electron chi connectivity index (χ2n) is 10.8. The van der Waals surface area contributed by atoms with Crippen molar-refractivity contribution in [3.8, 4) is 0 Å². The molecule has 2 N–H and O–H groups in total. The lowest BCUT2D eigenvalue weighted by Gasteiger charge is -2.20. The third-order valence-electron chi connectivity index (χ3n) is 7.21. The monoisotopic (exact) mass is 564 g/mol. The van der Waals surface area contributed by atoms with E-state index in [0.717, 1.165) is 38.9 Å². The Bertz CT molecular complexity index is 573. The van der Waals surface area contributed by atoms with Crippen molar-refractivity contribution >= 4 is 13.6 Å². The molecule has 0 rings (SSSR count). The molecule has 2 atom stereocenters. The van der Waals surface area contributed by atoms with E-state index >= 15 is 0 Å². The molecule has 0 heterocycles. The van der Waals surface area contributed by atoms with E-state index < -0.39 is 19.7 Å². The second-order valence-corrected chi connectivity index (χ2v) is 12.8. The highest BCUT2D eigenvalue weighted by Gasteiger charge is 2.23. The number of rotatable bonds is 29. The van der Waals surface area contributed by atoms with Crippen molar-refractivity contribution in [1.29, 1.82) is 0 Å². The number of esters is 1. The number of carbonyl (C=O) groups excluding carboxylic acids is 1. The summed E-state index contributed by atoms with van der Waals surface area (Å²) in [5.74, 6) is -0.441. The van der Waals surface area contributed by atoms with Crippen LogP contribution in [0.15, 0.2) is 0 Å². The maximum Gasteiger partial charge on any atom is 0.328 e. The molecule has 0 amide bonds. The maximum absolute atomic E-state index is 12.4. The molecule has 0 saturated heterocycles. The summed E-state index contributed by atoms with van der Waals surface area (Å²) in [6, 6.07) is 0. The summed E-state index contributed by atoms with van der Waals surface area (Å²) in [6.45, 7) is 11.7. The van der Waals surface area contributed by atoms with E-state index in [1.165, 1.54) is 95.3 Å². The third-order valence-corrected chi connectivity index (χ3v) is 8.65. The van der Waals surface area contributed by atoms with Gasteiger partial charge in [-0.25, -0.2) is 0 Å². The molecule has 0 radical (unpaired) electrons. The number of nitrogens with one attached hydrogen (secondary N) is 1. The molecule has 0 bridgehead atoms. The Kier molecular flexibility index (Phi) is 26.4. The molecule has 0 fully saturated rings. The van der Waals surface area contributed by atoms with Crippen LogP contribution >= 0.6 is 7.60 Å². The summed E-state index contributed by atoms with van der Waals surface area (Å²) in [6.07, 6.45) is 20.8. The van der Waals surface area contributed by atoms with Crippen LogP contribution in [0.2, 0.25) is 0 Å². The van der Waals surface area contributed by atoms with Gasteiger partial charge in [0.2, 0.25) is 0 Å². The first kappa shape index (κ1) is 37.5. The van der Waals surface area contributed by atoms with Gasteiger partial charge in [-0.2, -0.15) is 0 Å². The summed E-state index contributed by atoms with van der Waals surface area (Å²) >= 11 is 0. The average molecular weight is 565 g/mol. The first-order chi connectivity index (χ1) is 18.3. The summed E-state index contributed by atoms with van der Waals surface area (Å²) in [5.41, 5.74) is 0. The molecule has 2 unspecified atom stereocenters. The predicted molar refractivity (Wildman–Crippen MR) is 158 cm³/mol. The molecule has 0 aromatic carbocycles. The Hall–Kier alpha value is -0.460. The second kappa shape index (κ2) is 26.7. The molecule has 0 aromatic heterocycles. The lowest BCUT2D eigenvalue weighted by Crippen LogP contribution is -3.11. The van der Waals surface area contributed by atoms with Crippen LogP contribution in [0.4, 0.5) is 0 Å². The zero-order chi connectivity index (χ0) is 28.3. The van der Waals surface area contributed by atoms with Gasteiger partial charge in [0.15, 0.2) is 0 Å². The number of hydrogen-bond donors (Lipinski definition) is 2. The Morgan fingerprint density at radius 1 is 0.737 bits per heavy atom. The van der Waals surface area contributed by atoms with E-state index in [9.17, 15) is 14.3 Å². The van der Waals surface area contributed by atoms with E-state index in [1.807, 2.05) is 0 Å². The van der Waals surface area contributed by atoms with Crippen LogP contribution < -0.4 is 4.90 Å². The number of hydrogen-bond acceptors (Lipinski definition) is 5. The van der Waals surface area contributed by atoms with Gasteiger partial charge < -0.3 is 23.8 Å². The van der Waals surface area contributed by atoms with E-state index in [0.29, 0.717) is 13.0 Å². The summed E-state index contributed by atoms with van der Waals surface area (Å²) in [7, 11) is -3.70.